The van der Waals surface area contributed by atoms with E-state index < -0.39 is 20.8 Å². The van der Waals surface area contributed by atoms with Crippen LogP contribution in [-0.2, 0) is 20.8 Å². The number of benzene rings is 1. The molecule has 0 amide bonds. The van der Waals surface area contributed by atoms with Crippen LogP contribution in [0, 0.1) is 0 Å². The van der Waals surface area contributed by atoms with Gasteiger partial charge < -0.3 is 5.11 Å². The van der Waals surface area contributed by atoms with Gasteiger partial charge in [0.25, 0.3) is 0 Å². The van der Waals surface area contributed by atoms with Gasteiger partial charge in [-0.1, -0.05) is 6.07 Å². The fourth-order valence-electron chi connectivity index (χ4n) is 1.08. The zero-order chi connectivity index (χ0) is 13.1. The van der Waals surface area contributed by atoms with Gasteiger partial charge in [-0.15, -0.1) is 0 Å². The average Bonchev–Trinajstić information content (AvgIpc) is 2.26. The first-order chi connectivity index (χ1) is 7.83. The van der Waals surface area contributed by atoms with E-state index in [2.05, 4.69) is 4.72 Å². The molecule has 7 heteroatoms. The lowest BCUT2D eigenvalue weighted by Gasteiger charge is -2.10. The van der Waals surface area contributed by atoms with Crippen molar-refractivity contribution >= 4 is 20.8 Å². The highest BCUT2D eigenvalue weighted by Crippen LogP contribution is 2.15. The average molecular weight is 277 g/mol. The van der Waals surface area contributed by atoms with Gasteiger partial charge in [-0.2, -0.15) is 0 Å². The summed E-state index contributed by atoms with van der Waals surface area (Å²) in [5, 5.41) is 8.94. The molecule has 17 heavy (non-hydrogen) atoms. The van der Waals surface area contributed by atoms with E-state index in [1.807, 2.05) is 0 Å². The van der Waals surface area contributed by atoms with Crippen LogP contribution < -0.4 is 4.72 Å². The van der Waals surface area contributed by atoms with Gasteiger partial charge in [0.15, 0.2) is 0 Å². The van der Waals surface area contributed by atoms with E-state index in [4.69, 9.17) is 0 Å². The van der Waals surface area contributed by atoms with E-state index in [9.17, 15) is 17.7 Å². The molecule has 1 aromatic carbocycles. The van der Waals surface area contributed by atoms with E-state index in [-0.39, 0.29) is 22.4 Å². The van der Waals surface area contributed by atoms with Crippen LogP contribution in [0.15, 0.2) is 29.2 Å². The van der Waals surface area contributed by atoms with Gasteiger partial charge in [0.05, 0.1) is 4.90 Å². The fraction of sp³-hybridized carbons (Fsp3) is 0.400. The number of aromatic hydroxyl groups is 1. The van der Waals surface area contributed by atoms with Crippen molar-refractivity contribution in [3.05, 3.63) is 24.3 Å². The maximum absolute atomic E-state index is 11.8. The number of rotatable bonds is 5. The Balaban J connectivity index is 2.79. The van der Waals surface area contributed by atoms with Crippen molar-refractivity contribution in [3.63, 3.8) is 0 Å². The van der Waals surface area contributed by atoms with Gasteiger partial charge in [-0.3, -0.25) is 4.21 Å². The molecule has 0 saturated heterocycles. The summed E-state index contributed by atoms with van der Waals surface area (Å²) in [6.45, 7) is 1.79. The van der Waals surface area contributed by atoms with Gasteiger partial charge in [0, 0.05) is 28.9 Å². The van der Waals surface area contributed by atoms with E-state index in [0.29, 0.717) is 0 Å². The number of hydrogen-bond donors (Lipinski definition) is 2. The maximum atomic E-state index is 11.8. The molecule has 96 valence electrons. The van der Waals surface area contributed by atoms with Gasteiger partial charge in [0.2, 0.25) is 10.0 Å². The maximum Gasteiger partial charge on any atom is 0.240 e. The standard InChI is InChI=1S/C10H15NO4S2/c1-8(16(2)13)7-11-17(14,15)10-5-3-4-9(12)6-10/h3-6,8,11-12H,7H2,1-2H3. The normalized spacial score (nSPS) is 15.4. The first-order valence-corrected chi connectivity index (χ1v) is 8.04. The number of phenolic OH excluding ortho intramolecular Hbond substituents is 1. The monoisotopic (exact) mass is 277 g/mol. The lowest BCUT2D eigenvalue weighted by atomic mass is 10.3. The topological polar surface area (TPSA) is 83.5 Å². The smallest absolute Gasteiger partial charge is 0.240 e. The Morgan fingerprint density at radius 3 is 2.65 bits per heavy atom. The quantitative estimate of drug-likeness (QED) is 0.818. The van der Waals surface area contributed by atoms with Crippen molar-refractivity contribution in [2.24, 2.45) is 0 Å². The second kappa shape index (κ2) is 5.61. The van der Waals surface area contributed by atoms with Gasteiger partial charge >= 0.3 is 0 Å². The van der Waals surface area contributed by atoms with E-state index >= 15 is 0 Å². The highest BCUT2D eigenvalue weighted by Gasteiger charge is 2.16. The van der Waals surface area contributed by atoms with Gasteiger partial charge in [-0.05, 0) is 25.1 Å². The highest BCUT2D eigenvalue weighted by molar-refractivity contribution is 7.89. The lowest BCUT2D eigenvalue weighted by molar-refractivity contribution is 0.473. The van der Waals surface area contributed by atoms with Crippen molar-refractivity contribution in [1.82, 2.24) is 4.72 Å². The van der Waals surface area contributed by atoms with E-state index in [1.165, 1.54) is 24.5 Å². The van der Waals surface area contributed by atoms with E-state index in [1.54, 1.807) is 6.92 Å². The molecule has 1 aromatic rings. The predicted molar refractivity (Wildman–Crippen MR) is 66.8 cm³/mol. The third-order valence-corrected chi connectivity index (χ3v) is 4.98. The molecule has 0 heterocycles. The summed E-state index contributed by atoms with van der Waals surface area (Å²) in [6, 6.07) is 5.39. The molecule has 0 spiro atoms. The predicted octanol–water partition coefficient (Wildman–Crippen LogP) is 0.437. The Kier molecular flexibility index (Phi) is 4.67. The molecular weight excluding hydrogens is 262 g/mol. The minimum atomic E-state index is -3.66. The van der Waals surface area contributed by atoms with Crippen molar-refractivity contribution in [2.75, 3.05) is 12.8 Å². The Morgan fingerprint density at radius 2 is 2.12 bits per heavy atom. The Morgan fingerprint density at radius 1 is 1.47 bits per heavy atom. The Bertz CT molecular complexity index is 513. The molecule has 0 saturated carbocycles. The number of phenols is 1. The number of sulfonamides is 1. The summed E-state index contributed by atoms with van der Waals surface area (Å²) in [5.41, 5.74) is 0. The van der Waals surface area contributed by atoms with Crippen LogP contribution in [0.1, 0.15) is 6.92 Å². The van der Waals surface area contributed by atoms with Crippen LogP contribution in [0.5, 0.6) is 5.75 Å². The second-order valence-electron chi connectivity index (χ2n) is 3.66. The third-order valence-electron chi connectivity index (χ3n) is 2.26. The van der Waals surface area contributed by atoms with E-state index in [0.717, 1.165) is 6.07 Å². The third kappa shape index (κ3) is 4.10. The summed E-state index contributed by atoms with van der Waals surface area (Å²) in [6.07, 6.45) is 1.52. The Labute approximate surface area is 103 Å². The first-order valence-electron chi connectivity index (χ1n) is 4.94. The van der Waals surface area contributed by atoms with Crippen LogP contribution in [0.2, 0.25) is 0 Å². The largest absolute Gasteiger partial charge is 0.508 e. The Hall–Kier alpha value is -0.920. The molecule has 0 bridgehead atoms. The fourth-order valence-corrected chi connectivity index (χ4v) is 2.67. The zero-order valence-corrected chi connectivity index (χ0v) is 11.2. The SMILES string of the molecule is CC(CNS(=O)(=O)c1cccc(O)c1)S(C)=O. The van der Waals surface area contributed by atoms with Crippen LogP contribution >= 0.6 is 0 Å². The molecule has 0 aromatic heterocycles. The molecule has 2 atom stereocenters. The number of hydrogen-bond acceptors (Lipinski definition) is 4. The summed E-state index contributed by atoms with van der Waals surface area (Å²) in [4.78, 5) is -0.00779. The second-order valence-corrected chi connectivity index (χ2v) is 7.23. The van der Waals surface area contributed by atoms with Crippen molar-refractivity contribution in [2.45, 2.75) is 17.1 Å². The van der Waals surface area contributed by atoms with Crippen LogP contribution in [-0.4, -0.2) is 35.8 Å². The molecule has 5 nitrogen and oxygen atoms in total. The summed E-state index contributed by atoms with van der Waals surface area (Å²) in [5.74, 6) is -0.111. The minimum Gasteiger partial charge on any atom is -0.508 e. The molecule has 0 aliphatic rings. The van der Waals surface area contributed by atoms with Crippen LogP contribution in [0.4, 0.5) is 0 Å². The number of nitrogens with one attached hydrogen (secondary N) is 1. The first kappa shape index (κ1) is 14.1. The molecule has 2 unspecified atom stereocenters. The van der Waals surface area contributed by atoms with Gasteiger partial charge in [-0.25, -0.2) is 13.1 Å². The lowest BCUT2D eigenvalue weighted by Crippen LogP contribution is -2.32. The highest BCUT2D eigenvalue weighted by atomic mass is 32.2. The summed E-state index contributed by atoms with van der Waals surface area (Å²) < 4.78 is 37.0. The zero-order valence-electron chi connectivity index (χ0n) is 9.58. The minimum absolute atomic E-state index is 0.00779. The van der Waals surface area contributed by atoms with Crippen LogP contribution in [0.3, 0.4) is 0 Å². The van der Waals surface area contributed by atoms with Crippen molar-refractivity contribution < 1.29 is 17.7 Å². The molecular formula is C10H15NO4S2. The van der Waals surface area contributed by atoms with Crippen molar-refractivity contribution in [3.8, 4) is 5.75 Å². The molecule has 0 fully saturated rings. The summed E-state index contributed by atoms with van der Waals surface area (Å²) in [7, 11) is -4.74. The molecule has 2 N–H and O–H groups in total. The molecule has 0 radical (unpaired) electrons. The van der Waals surface area contributed by atoms with Crippen molar-refractivity contribution in [1.29, 1.82) is 0 Å². The van der Waals surface area contributed by atoms with Crippen LogP contribution in [0.25, 0.3) is 0 Å². The van der Waals surface area contributed by atoms with Gasteiger partial charge in [0.1, 0.15) is 5.75 Å². The molecule has 1 rings (SSSR count). The molecule has 0 aliphatic carbocycles. The summed E-state index contributed by atoms with van der Waals surface area (Å²) >= 11 is 0. The molecule has 0 aliphatic heterocycles.